The van der Waals surface area contributed by atoms with E-state index in [9.17, 15) is 14.0 Å². The highest BCUT2D eigenvalue weighted by Gasteiger charge is 2.29. The van der Waals surface area contributed by atoms with Crippen LogP contribution in [0.1, 0.15) is 16.1 Å². The van der Waals surface area contributed by atoms with Crippen LogP contribution in [0.5, 0.6) is 0 Å². The molecule has 0 N–H and O–H groups in total. The molecule has 1 fully saturated rings. The fraction of sp³-hybridized carbons (Fsp3) is 0.261. The molecule has 0 saturated carbocycles. The number of aromatic nitrogens is 1. The van der Waals surface area contributed by atoms with Gasteiger partial charge in [-0.25, -0.2) is 9.40 Å². The predicted octanol–water partition coefficient (Wildman–Crippen LogP) is 2.50. The lowest BCUT2D eigenvalue weighted by Crippen LogP contribution is -2.46. The first-order chi connectivity index (χ1) is 15.1. The third kappa shape index (κ3) is 3.70. The van der Waals surface area contributed by atoms with Gasteiger partial charge in [0.1, 0.15) is 18.1 Å². The van der Waals surface area contributed by atoms with E-state index in [1.807, 2.05) is 34.9 Å². The van der Waals surface area contributed by atoms with Gasteiger partial charge in [-0.15, -0.1) is 0 Å². The van der Waals surface area contributed by atoms with Gasteiger partial charge in [-0.05, 0) is 29.8 Å². The summed E-state index contributed by atoms with van der Waals surface area (Å²) in [6, 6.07) is 15.6. The Morgan fingerprint density at radius 3 is 2.58 bits per heavy atom. The molecular weight excluding hydrogens is 399 g/mol. The number of carbonyl (C=O) groups excluding carboxylic acids is 2. The lowest BCUT2D eigenvalue weighted by atomic mass is 10.1. The monoisotopic (exact) mass is 420 g/mol. The van der Waals surface area contributed by atoms with E-state index in [-0.39, 0.29) is 24.2 Å². The normalized spacial score (nSPS) is 16.8. The Labute approximate surface area is 178 Å². The topological polar surface area (TPSA) is 67.1 Å². The molecule has 1 aromatic heterocycles. The fourth-order valence-electron chi connectivity index (χ4n) is 4.00. The number of halogens is 1. The van der Waals surface area contributed by atoms with Crippen molar-refractivity contribution in [3.05, 3.63) is 71.7 Å². The van der Waals surface area contributed by atoms with Crippen LogP contribution >= 0.6 is 0 Å². The Morgan fingerprint density at radius 2 is 1.81 bits per heavy atom. The minimum atomic E-state index is -0.347. The number of carbonyl (C=O) groups is 2. The van der Waals surface area contributed by atoms with Crippen LogP contribution in [0.15, 0.2) is 59.7 Å². The van der Waals surface area contributed by atoms with Gasteiger partial charge in [-0.2, -0.15) is 5.10 Å². The van der Waals surface area contributed by atoms with Gasteiger partial charge in [-0.1, -0.05) is 30.3 Å². The number of amides is 2. The molecular formula is C23H21FN4O3. The van der Waals surface area contributed by atoms with Crippen molar-refractivity contribution in [3.8, 4) is 0 Å². The predicted molar refractivity (Wildman–Crippen MR) is 113 cm³/mol. The molecule has 0 aliphatic carbocycles. The number of para-hydroxylation sites is 1. The van der Waals surface area contributed by atoms with E-state index in [0.29, 0.717) is 49.8 Å². The van der Waals surface area contributed by atoms with E-state index >= 15 is 0 Å². The number of hydrogen-bond donors (Lipinski definition) is 0. The van der Waals surface area contributed by atoms with Crippen molar-refractivity contribution in [2.45, 2.75) is 6.54 Å². The molecule has 158 valence electrons. The molecule has 0 radical (unpaired) electrons. The van der Waals surface area contributed by atoms with Crippen molar-refractivity contribution in [3.63, 3.8) is 0 Å². The summed E-state index contributed by atoms with van der Waals surface area (Å²) in [6.45, 7) is 2.13. The van der Waals surface area contributed by atoms with Gasteiger partial charge in [-0.3, -0.25) is 9.59 Å². The Bertz CT molecular complexity index is 1180. The second-order valence-electron chi connectivity index (χ2n) is 7.58. The zero-order chi connectivity index (χ0) is 21.4. The van der Waals surface area contributed by atoms with Crippen molar-refractivity contribution in [2.75, 3.05) is 32.8 Å². The first kappa shape index (κ1) is 19.4. The van der Waals surface area contributed by atoms with Crippen molar-refractivity contribution < 1.29 is 18.7 Å². The van der Waals surface area contributed by atoms with Crippen LogP contribution in [0, 0.1) is 5.82 Å². The molecule has 2 aliphatic heterocycles. The molecule has 8 heteroatoms. The maximum Gasteiger partial charge on any atom is 0.291 e. The van der Waals surface area contributed by atoms with E-state index in [0.717, 1.165) is 10.9 Å². The number of nitrogens with zero attached hydrogens (tertiary/aromatic N) is 4. The fourth-order valence-corrected chi connectivity index (χ4v) is 4.00. The van der Waals surface area contributed by atoms with Crippen molar-refractivity contribution in [2.24, 2.45) is 5.10 Å². The number of ether oxygens (including phenoxy) is 1. The summed E-state index contributed by atoms with van der Waals surface area (Å²) < 4.78 is 20.7. The van der Waals surface area contributed by atoms with Crippen molar-refractivity contribution >= 4 is 28.4 Å². The molecule has 2 amide bonds. The van der Waals surface area contributed by atoms with Gasteiger partial charge in [0, 0.05) is 24.0 Å². The zero-order valence-corrected chi connectivity index (χ0v) is 16.8. The minimum Gasteiger partial charge on any atom is -0.378 e. The first-order valence-corrected chi connectivity index (χ1v) is 10.2. The Hall–Kier alpha value is -3.52. The van der Waals surface area contributed by atoms with Crippen LogP contribution < -0.4 is 0 Å². The Kier molecular flexibility index (Phi) is 4.99. The highest BCUT2D eigenvalue weighted by atomic mass is 19.1. The molecule has 7 nitrogen and oxygen atoms in total. The van der Waals surface area contributed by atoms with Gasteiger partial charge >= 0.3 is 0 Å². The number of rotatable bonds is 3. The molecule has 1 saturated heterocycles. The quantitative estimate of drug-likeness (QED) is 0.654. The van der Waals surface area contributed by atoms with Crippen molar-refractivity contribution in [1.29, 1.82) is 0 Å². The molecule has 0 unspecified atom stereocenters. The lowest BCUT2D eigenvalue weighted by Gasteiger charge is -2.28. The number of morpholine rings is 1. The summed E-state index contributed by atoms with van der Waals surface area (Å²) in [5.74, 6) is -0.862. The van der Waals surface area contributed by atoms with E-state index in [2.05, 4.69) is 5.10 Å². The molecule has 0 bridgehead atoms. The summed E-state index contributed by atoms with van der Waals surface area (Å²) in [5.41, 5.74) is 2.66. The van der Waals surface area contributed by atoms with Crippen LogP contribution in [0.2, 0.25) is 0 Å². The first-order valence-electron chi connectivity index (χ1n) is 10.2. The smallest absolute Gasteiger partial charge is 0.291 e. The van der Waals surface area contributed by atoms with Gasteiger partial charge in [0.2, 0.25) is 5.91 Å². The van der Waals surface area contributed by atoms with E-state index in [1.54, 1.807) is 17.0 Å². The van der Waals surface area contributed by atoms with Gasteiger partial charge in [0.15, 0.2) is 0 Å². The number of fused-ring (bicyclic) bond motifs is 3. The van der Waals surface area contributed by atoms with Crippen LogP contribution in [0.3, 0.4) is 0 Å². The molecule has 3 aromatic rings. The van der Waals surface area contributed by atoms with Crippen LogP contribution in [0.25, 0.3) is 10.9 Å². The highest BCUT2D eigenvalue weighted by Crippen LogP contribution is 2.25. The summed E-state index contributed by atoms with van der Waals surface area (Å²) in [6.07, 6.45) is 0. The van der Waals surface area contributed by atoms with E-state index < -0.39 is 0 Å². The summed E-state index contributed by atoms with van der Waals surface area (Å²) in [4.78, 5) is 27.9. The SMILES string of the molecule is O=C(CN1N=C(c2ccc(F)cc2)Cn2c(cc3ccccc32)C1=O)N1CCOCC1. The van der Waals surface area contributed by atoms with Gasteiger partial charge < -0.3 is 14.2 Å². The zero-order valence-electron chi connectivity index (χ0n) is 16.8. The molecule has 0 spiro atoms. The molecule has 31 heavy (non-hydrogen) atoms. The summed E-state index contributed by atoms with van der Waals surface area (Å²) in [5, 5.41) is 6.73. The summed E-state index contributed by atoms with van der Waals surface area (Å²) in [7, 11) is 0. The maximum absolute atomic E-state index is 13.5. The standard InChI is InChI=1S/C23H21FN4O3/c24-18-7-5-16(6-8-18)19-14-27-20-4-2-1-3-17(20)13-21(27)23(30)28(25-19)15-22(29)26-9-11-31-12-10-26/h1-8,13H,9-12,14-15H2. The van der Waals surface area contributed by atoms with Gasteiger partial charge in [0.05, 0.1) is 25.5 Å². The van der Waals surface area contributed by atoms with Gasteiger partial charge in [0.25, 0.3) is 5.91 Å². The lowest BCUT2D eigenvalue weighted by molar-refractivity contribution is -0.135. The number of benzene rings is 2. The van der Waals surface area contributed by atoms with Crippen LogP contribution in [-0.2, 0) is 16.1 Å². The highest BCUT2D eigenvalue weighted by molar-refractivity contribution is 6.07. The molecule has 2 aromatic carbocycles. The third-order valence-corrected chi connectivity index (χ3v) is 5.64. The largest absolute Gasteiger partial charge is 0.378 e. The second kappa shape index (κ2) is 7.96. The minimum absolute atomic E-state index is 0.162. The molecule has 3 heterocycles. The summed E-state index contributed by atoms with van der Waals surface area (Å²) >= 11 is 0. The Morgan fingerprint density at radius 1 is 1.06 bits per heavy atom. The molecule has 5 rings (SSSR count). The average Bonchev–Trinajstić information content (AvgIpc) is 3.11. The van der Waals surface area contributed by atoms with Crippen LogP contribution in [-0.4, -0.2) is 64.8 Å². The number of hydrogen-bond acceptors (Lipinski definition) is 4. The van der Waals surface area contributed by atoms with Crippen LogP contribution in [0.4, 0.5) is 4.39 Å². The molecule has 2 aliphatic rings. The third-order valence-electron chi connectivity index (χ3n) is 5.64. The second-order valence-corrected chi connectivity index (χ2v) is 7.58. The average molecular weight is 420 g/mol. The van der Waals surface area contributed by atoms with E-state index in [1.165, 1.54) is 17.1 Å². The number of hydrazone groups is 1. The maximum atomic E-state index is 13.5. The Balaban J connectivity index is 1.56. The van der Waals surface area contributed by atoms with Crippen molar-refractivity contribution in [1.82, 2.24) is 14.5 Å². The molecule has 0 atom stereocenters. The van der Waals surface area contributed by atoms with E-state index in [4.69, 9.17) is 4.74 Å².